The fourth-order valence-corrected chi connectivity index (χ4v) is 1.14. The molecular weight excluding hydrogens is 150 g/mol. The van der Waals surface area contributed by atoms with Gasteiger partial charge in [0.15, 0.2) is 0 Å². The Morgan fingerprint density at radius 3 is 2.42 bits per heavy atom. The van der Waals surface area contributed by atoms with Gasteiger partial charge in [0.1, 0.15) is 0 Å². The first-order valence-electron chi connectivity index (χ1n) is 4.58. The summed E-state index contributed by atoms with van der Waals surface area (Å²) < 4.78 is 5.23. The summed E-state index contributed by atoms with van der Waals surface area (Å²) in [5.74, 6) is 0.546. The topological polar surface area (TPSA) is 35.2 Å². The van der Waals surface area contributed by atoms with Gasteiger partial charge in [-0.2, -0.15) is 0 Å². The Morgan fingerprint density at radius 2 is 2.08 bits per heavy atom. The van der Waals surface area contributed by atoms with Crippen molar-refractivity contribution in [3.05, 3.63) is 11.8 Å². The van der Waals surface area contributed by atoms with Crippen molar-refractivity contribution in [3.8, 4) is 0 Å². The summed E-state index contributed by atoms with van der Waals surface area (Å²) in [7, 11) is 1.75. The monoisotopic (exact) mass is 171 g/mol. The lowest BCUT2D eigenvalue weighted by Crippen LogP contribution is -2.16. The van der Waals surface area contributed by atoms with Crippen LogP contribution in [0.5, 0.6) is 0 Å². The van der Waals surface area contributed by atoms with Crippen LogP contribution < -0.4 is 5.73 Å². The highest BCUT2D eigenvalue weighted by Gasteiger charge is 2.11. The molecule has 12 heavy (non-hydrogen) atoms. The van der Waals surface area contributed by atoms with E-state index in [0.717, 1.165) is 12.8 Å². The number of nitrogens with two attached hydrogens (primary N) is 1. The lowest BCUT2D eigenvalue weighted by molar-refractivity contribution is 0.0735. The fourth-order valence-electron chi connectivity index (χ4n) is 1.14. The molecule has 0 fully saturated rings. The van der Waals surface area contributed by atoms with Crippen molar-refractivity contribution >= 4 is 0 Å². The number of rotatable bonds is 5. The average molecular weight is 171 g/mol. The first-order chi connectivity index (χ1) is 5.65. The number of allylic oxidation sites excluding steroid dienone is 1. The molecule has 0 rings (SSSR count). The molecule has 0 saturated carbocycles. The minimum atomic E-state index is 0.312. The van der Waals surface area contributed by atoms with Gasteiger partial charge in [0, 0.05) is 7.11 Å². The van der Waals surface area contributed by atoms with Gasteiger partial charge in [-0.15, -0.1) is 0 Å². The lowest BCUT2D eigenvalue weighted by Gasteiger charge is -2.19. The molecule has 0 aromatic rings. The first-order valence-corrected chi connectivity index (χ1v) is 4.58. The van der Waals surface area contributed by atoms with Crippen LogP contribution >= 0.6 is 0 Å². The van der Waals surface area contributed by atoms with Crippen LogP contribution in [0.15, 0.2) is 11.8 Å². The number of ether oxygens (including phenoxy) is 1. The fraction of sp³-hybridized carbons (Fsp3) is 0.800. The van der Waals surface area contributed by atoms with E-state index >= 15 is 0 Å². The van der Waals surface area contributed by atoms with Gasteiger partial charge in [-0.05, 0) is 31.9 Å². The van der Waals surface area contributed by atoms with E-state index in [9.17, 15) is 0 Å². The Balaban J connectivity index is 3.89. The molecule has 0 aliphatic carbocycles. The highest BCUT2D eigenvalue weighted by Crippen LogP contribution is 2.17. The Morgan fingerprint density at radius 1 is 1.50 bits per heavy atom. The van der Waals surface area contributed by atoms with Gasteiger partial charge in [0.2, 0.25) is 0 Å². The van der Waals surface area contributed by atoms with Gasteiger partial charge in [0.05, 0.1) is 6.10 Å². The zero-order chi connectivity index (χ0) is 9.56. The molecule has 2 nitrogen and oxygen atoms in total. The molecule has 2 N–H and O–H groups in total. The van der Waals surface area contributed by atoms with Gasteiger partial charge in [-0.25, -0.2) is 0 Å². The van der Waals surface area contributed by atoms with Gasteiger partial charge < -0.3 is 10.5 Å². The van der Waals surface area contributed by atoms with Crippen LogP contribution in [-0.2, 0) is 4.74 Å². The molecule has 2 heteroatoms. The van der Waals surface area contributed by atoms with Crippen molar-refractivity contribution in [1.82, 2.24) is 0 Å². The minimum Gasteiger partial charge on any atom is -0.405 e. The molecule has 0 bridgehead atoms. The van der Waals surface area contributed by atoms with E-state index in [1.807, 2.05) is 0 Å². The molecule has 0 aromatic heterocycles. The van der Waals surface area contributed by atoms with E-state index in [2.05, 4.69) is 20.8 Å². The van der Waals surface area contributed by atoms with Crippen molar-refractivity contribution in [3.63, 3.8) is 0 Å². The smallest absolute Gasteiger partial charge is 0.0571 e. The maximum atomic E-state index is 5.47. The molecule has 0 aromatic carbocycles. The zero-order valence-corrected chi connectivity index (χ0v) is 8.63. The number of hydrogen-bond donors (Lipinski definition) is 1. The Labute approximate surface area is 75.8 Å². The second-order valence-electron chi connectivity index (χ2n) is 3.30. The molecule has 72 valence electrons. The van der Waals surface area contributed by atoms with Crippen LogP contribution in [0.3, 0.4) is 0 Å². The Hall–Kier alpha value is -0.500. The summed E-state index contributed by atoms with van der Waals surface area (Å²) in [6.45, 7) is 6.41. The Bertz CT molecular complexity index is 143. The van der Waals surface area contributed by atoms with E-state index in [4.69, 9.17) is 10.5 Å². The molecule has 0 saturated heterocycles. The third kappa shape index (κ3) is 3.77. The lowest BCUT2D eigenvalue weighted by atomic mass is 9.96. The van der Waals surface area contributed by atoms with Crippen molar-refractivity contribution in [2.45, 2.75) is 39.7 Å². The van der Waals surface area contributed by atoms with Crippen molar-refractivity contribution in [2.75, 3.05) is 7.11 Å². The van der Waals surface area contributed by atoms with Crippen LogP contribution in [0.4, 0.5) is 0 Å². The first kappa shape index (κ1) is 11.5. The average Bonchev–Trinajstić information content (AvgIpc) is 2.12. The molecule has 0 aliphatic rings. The maximum absolute atomic E-state index is 5.47. The standard InChI is InChI=1S/C10H21NO/c1-5-10(7-11)6-8(2)9(3)12-4/h7-9H,5-6,11H2,1-4H3/b10-7-/t8?,9-/m0/s1. The number of hydrogen-bond acceptors (Lipinski definition) is 2. The summed E-state index contributed by atoms with van der Waals surface area (Å²) >= 11 is 0. The highest BCUT2D eigenvalue weighted by molar-refractivity contribution is 4.99. The molecule has 0 heterocycles. The summed E-state index contributed by atoms with van der Waals surface area (Å²) in [5.41, 5.74) is 6.78. The highest BCUT2D eigenvalue weighted by atomic mass is 16.5. The van der Waals surface area contributed by atoms with Crippen molar-refractivity contribution in [1.29, 1.82) is 0 Å². The molecule has 0 aliphatic heterocycles. The molecule has 1 unspecified atom stereocenters. The predicted octanol–water partition coefficient (Wildman–Crippen LogP) is 2.30. The van der Waals surface area contributed by atoms with E-state index in [1.54, 1.807) is 13.3 Å². The second-order valence-corrected chi connectivity index (χ2v) is 3.30. The van der Waals surface area contributed by atoms with Crippen molar-refractivity contribution in [2.24, 2.45) is 11.7 Å². The Kier molecular flexibility index (Phi) is 5.81. The summed E-state index contributed by atoms with van der Waals surface area (Å²) in [6.07, 6.45) is 4.12. The largest absolute Gasteiger partial charge is 0.405 e. The van der Waals surface area contributed by atoms with Crippen LogP contribution in [0.1, 0.15) is 33.6 Å². The summed E-state index contributed by atoms with van der Waals surface area (Å²) in [4.78, 5) is 0. The molecule has 2 atom stereocenters. The van der Waals surface area contributed by atoms with Gasteiger partial charge >= 0.3 is 0 Å². The van der Waals surface area contributed by atoms with Crippen LogP contribution in [-0.4, -0.2) is 13.2 Å². The maximum Gasteiger partial charge on any atom is 0.0571 e. The van der Waals surface area contributed by atoms with Crippen molar-refractivity contribution < 1.29 is 4.74 Å². The van der Waals surface area contributed by atoms with Gasteiger partial charge in [0.25, 0.3) is 0 Å². The molecular formula is C10H21NO. The van der Waals surface area contributed by atoms with E-state index in [-0.39, 0.29) is 0 Å². The normalized spacial score (nSPS) is 17.5. The zero-order valence-electron chi connectivity index (χ0n) is 8.63. The number of methoxy groups -OCH3 is 1. The van der Waals surface area contributed by atoms with E-state index in [1.165, 1.54) is 5.57 Å². The predicted molar refractivity (Wildman–Crippen MR) is 52.8 cm³/mol. The SMILES string of the molecule is CC/C(=C/N)CC(C)[C@H](C)OC. The van der Waals surface area contributed by atoms with Gasteiger partial charge in [-0.1, -0.05) is 19.4 Å². The molecule has 0 radical (unpaired) electrons. The second kappa shape index (κ2) is 6.06. The van der Waals surface area contributed by atoms with Crippen LogP contribution in [0.25, 0.3) is 0 Å². The molecule has 0 spiro atoms. The third-order valence-corrected chi connectivity index (χ3v) is 2.45. The third-order valence-electron chi connectivity index (χ3n) is 2.45. The van der Waals surface area contributed by atoms with E-state index in [0.29, 0.717) is 12.0 Å². The van der Waals surface area contributed by atoms with Crippen LogP contribution in [0, 0.1) is 5.92 Å². The summed E-state index contributed by atoms with van der Waals surface area (Å²) in [6, 6.07) is 0. The molecule has 0 amide bonds. The van der Waals surface area contributed by atoms with Crippen LogP contribution in [0.2, 0.25) is 0 Å². The summed E-state index contributed by atoms with van der Waals surface area (Å²) in [5, 5.41) is 0. The van der Waals surface area contributed by atoms with Gasteiger partial charge in [-0.3, -0.25) is 0 Å². The minimum absolute atomic E-state index is 0.312. The van der Waals surface area contributed by atoms with E-state index < -0.39 is 0 Å². The quantitative estimate of drug-likeness (QED) is 0.689.